The molecule has 0 unspecified atom stereocenters. The number of benzene rings is 1. The minimum atomic E-state index is -4.37. The van der Waals surface area contributed by atoms with E-state index in [2.05, 4.69) is 5.32 Å². The molecule has 0 aromatic heterocycles. The minimum Gasteiger partial charge on any atom is -0.369 e. The first-order chi connectivity index (χ1) is 9.28. The van der Waals surface area contributed by atoms with E-state index in [1.54, 1.807) is 24.3 Å². The fourth-order valence-corrected chi connectivity index (χ4v) is 1.50. The van der Waals surface area contributed by atoms with Crippen LogP contribution in [-0.4, -0.2) is 31.1 Å². The van der Waals surface area contributed by atoms with Gasteiger partial charge in [0.15, 0.2) is 0 Å². The summed E-state index contributed by atoms with van der Waals surface area (Å²) in [5.41, 5.74) is 5.92. The molecule has 0 aliphatic rings. The SMILES string of the molecule is NC(=O)Cc1ccccc1NC(=O)CNCC(F)(F)F. The van der Waals surface area contributed by atoms with Crippen molar-refractivity contribution in [3.63, 3.8) is 0 Å². The van der Waals surface area contributed by atoms with Crippen molar-refractivity contribution in [2.24, 2.45) is 5.73 Å². The van der Waals surface area contributed by atoms with Gasteiger partial charge in [0, 0.05) is 5.69 Å². The van der Waals surface area contributed by atoms with E-state index < -0.39 is 31.1 Å². The number of primary amides is 1. The van der Waals surface area contributed by atoms with Crippen LogP contribution in [-0.2, 0) is 16.0 Å². The van der Waals surface area contributed by atoms with E-state index in [1.807, 2.05) is 5.32 Å². The summed E-state index contributed by atoms with van der Waals surface area (Å²) in [5.74, 6) is -1.20. The number of amides is 2. The molecule has 8 heteroatoms. The predicted octanol–water partition coefficient (Wildman–Crippen LogP) is 0.805. The summed E-state index contributed by atoms with van der Waals surface area (Å²) in [4.78, 5) is 22.3. The van der Waals surface area contributed by atoms with Crippen LogP contribution in [0.1, 0.15) is 5.56 Å². The molecule has 0 spiro atoms. The highest BCUT2D eigenvalue weighted by Crippen LogP contribution is 2.15. The topological polar surface area (TPSA) is 84.2 Å². The molecule has 20 heavy (non-hydrogen) atoms. The van der Waals surface area contributed by atoms with Crippen LogP contribution in [0.25, 0.3) is 0 Å². The summed E-state index contributed by atoms with van der Waals surface area (Å²) in [5, 5.41) is 4.40. The van der Waals surface area contributed by atoms with Crippen LogP contribution in [0, 0.1) is 0 Å². The number of anilines is 1. The molecular formula is C12H14F3N3O2. The predicted molar refractivity (Wildman–Crippen MR) is 66.9 cm³/mol. The van der Waals surface area contributed by atoms with Gasteiger partial charge in [-0.25, -0.2) is 0 Å². The van der Waals surface area contributed by atoms with Crippen LogP contribution in [0.2, 0.25) is 0 Å². The van der Waals surface area contributed by atoms with Crippen molar-refractivity contribution in [2.75, 3.05) is 18.4 Å². The normalized spacial score (nSPS) is 11.2. The lowest BCUT2D eigenvalue weighted by molar-refractivity contribution is -0.127. The quantitative estimate of drug-likeness (QED) is 0.724. The number of carbonyl (C=O) groups excluding carboxylic acids is 2. The van der Waals surface area contributed by atoms with Gasteiger partial charge in [0.25, 0.3) is 0 Å². The first kappa shape index (κ1) is 16.0. The molecule has 0 heterocycles. The molecule has 0 atom stereocenters. The molecule has 110 valence electrons. The number of hydrogen-bond donors (Lipinski definition) is 3. The maximum Gasteiger partial charge on any atom is 0.401 e. The summed E-state index contributed by atoms with van der Waals surface area (Å²) >= 11 is 0. The third-order valence-corrected chi connectivity index (χ3v) is 2.27. The zero-order valence-corrected chi connectivity index (χ0v) is 10.5. The number of halogens is 3. The molecule has 0 bridgehead atoms. The van der Waals surface area contributed by atoms with Crippen molar-refractivity contribution in [2.45, 2.75) is 12.6 Å². The summed E-state index contributed by atoms with van der Waals surface area (Å²) in [7, 11) is 0. The second kappa shape index (κ2) is 6.90. The molecule has 5 nitrogen and oxygen atoms in total. The average Bonchev–Trinajstić information content (AvgIpc) is 2.29. The van der Waals surface area contributed by atoms with Gasteiger partial charge in [0.2, 0.25) is 11.8 Å². The monoisotopic (exact) mass is 289 g/mol. The highest BCUT2D eigenvalue weighted by molar-refractivity contribution is 5.93. The van der Waals surface area contributed by atoms with E-state index in [0.29, 0.717) is 11.3 Å². The maximum absolute atomic E-state index is 11.9. The molecule has 0 saturated heterocycles. The molecule has 0 aliphatic carbocycles. The number of rotatable bonds is 6. The van der Waals surface area contributed by atoms with E-state index in [4.69, 9.17) is 5.73 Å². The summed E-state index contributed by atoms with van der Waals surface area (Å²) in [6.07, 6.45) is -4.43. The smallest absolute Gasteiger partial charge is 0.369 e. The van der Waals surface area contributed by atoms with Gasteiger partial charge in [0.05, 0.1) is 19.5 Å². The van der Waals surface area contributed by atoms with Gasteiger partial charge in [-0.1, -0.05) is 18.2 Å². The Balaban J connectivity index is 2.55. The van der Waals surface area contributed by atoms with Crippen molar-refractivity contribution in [3.05, 3.63) is 29.8 Å². The van der Waals surface area contributed by atoms with Crippen LogP contribution >= 0.6 is 0 Å². The fourth-order valence-electron chi connectivity index (χ4n) is 1.50. The molecule has 0 fully saturated rings. The Labute approximate surface area is 113 Å². The Hall–Kier alpha value is -2.09. The van der Waals surface area contributed by atoms with Gasteiger partial charge in [0.1, 0.15) is 0 Å². The number of nitrogens with two attached hydrogens (primary N) is 1. The van der Waals surface area contributed by atoms with Crippen molar-refractivity contribution in [1.29, 1.82) is 0 Å². The van der Waals surface area contributed by atoms with E-state index >= 15 is 0 Å². The first-order valence-corrected chi connectivity index (χ1v) is 5.71. The lowest BCUT2D eigenvalue weighted by Crippen LogP contribution is -2.35. The Morgan fingerprint density at radius 2 is 1.85 bits per heavy atom. The summed E-state index contributed by atoms with van der Waals surface area (Å²) in [6.45, 7) is -1.73. The lowest BCUT2D eigenvalue weighted by atomic mass is 10.1. The molecule has 0 radical (unpaired) electrons. The number of nitrogens with one attached hydrogen (secondary N) is 2. The summed E-state index contributed by atoms with van der Waals surface area (Å²) < 4.78 is 35.7. The van der Waals surface area contributed by atoms with Crippen LogP contribution in [0.15, 0.2) is 24.3 Å². The van der Waals surface area contributed by atoms with Crippen LogP contribution in [0.5, 0.6) is 0 Å². The zero-order chi connectivity index (χ0) is 15.2. The van der Waals surface area contributed by atoms with E-state index in [0.717, 1.165) is 0 Å². The van der Waals surface area contributed by atoms with Crippen LogP contribution in [0.4, 0.5) is 18.9 Å². The number of hydrogen-bond acceptors (Lipinski definition) is 3. The highest BCUT2D eigenvalue weighted by Gasteiger charge is 2.26. The molecule has 1 rings (SSSR count). The largest absolute Gasteiger partial charge is 0.401 e. The third kappa shape index (κ3) is 6.19. The van der Waals surface area contributed by atoms with Gasteiger partial charge in [-0.15, -0.1) is 0 Å². The zero-order valence-electron chi connectivity index (χ0n) is 10.5. The first-order valence-electron chi connectivity index (χ1n) is 5.71. The molecule has 1 aromatic rings. The maximum atomic E-state index is 11.9. The Morgan fingerprint density at radius 3 is 2.45 bits per heavy atom. The Bertz CT molecular complexity index is 489. The van der Waals surface area contributed by atoms with Crippen LogP contribution in [0.3, 0.4) is 0 Å². The average molecular weight is 289 g/mol. The second-order valence-electron chi connectivity index (χ2n) is 4.07. The van der Waals surface area contributed by atoms with Gasteiger partial charge < -0.3 is 16.4 Å². The van der Waals surface area contributed by atoms with Crippen molar-refractivity contribution in [3.8, 4) is 0 Å². The van der Waals surface area contributed by atoms with Crippen molar-refractivity contribution in [1.82, 2.24) is 5.32 Å². The van der Waals surface area contributed by atoms with Gasteiger partial charge in [-0.05, 0) is 11.6 Å². The standard InChI is InChI=1S/C12H14F3N3O2/c13-12(14,15)7-17-6-11(20)18-9-4-2-1-3-8(9)5-10(16)19/h1-4,17H,5-7H2,(H2,16,19)(H,18,20). The minimum absolute atomic E-state index is 0.0631. The number of para-hydroxylation sites is 1. The fraction of sp³-hybridized carbons (Fsp3) is 0.333. The van der Waals surface area contributed by atoms with E-state index in [9.17, 15) is 22.8 Å². The third-order valence-electron chi connectivity index (χ3n) is 2.27. The second-order valence-corrected chi connectivity index (χ2v) is 4.07. The van der Waals surface area contributed by atoms with Crippen molar-refractivity contribution < 1.29 is 22.8 Å². The molecule has 2 amide bonds. The van der Waals surface area contributed by atoms with E-state index in [-0.39, 0.29) is 6.42 Å². The molecule has 1 aromatic carbocycles. The molecular weight excluding hydrogens is 275 g/mol. The molecule has 0 aliphatic heterocycles. The summed E-state index contributed by atoms with van der Waals surface area (Å²) in [6, 6.07) is 6.43. The Morgan fingerprint density at radius 1 is 1.20 bits per heavy atom. The molecule has 4 N–H and O–H groups in total. The van der Waals surface area contributed by atoms with Gasteiger partial charge in [-0.3, -0.25) is 9.59 Å². The van der Waals surface area contributed by atoms with Gasteiger partial charge >= 0.3 is 6.18 Å². The number of carbonyl (C=O) groups is 2. The van der Waals surface area contributed by atoms with Crippen molar-refractivity contribution >= 4 is 17.5 Å². The van der Waals surface area contributed by atoms with E-state index in [1.165, 1.54) is 0 Å². The lowest BCUT2D eigenvalue weighted by Gasteiger charge is -2.11. The van der Waals surface area contributed by atoms with Gasteiger partial charge in [-0.2, -0.15) is 13.2 Å². The Kier molecular flexibility index (Phi) is 5.51. The highest BCUT2D eigenvalue weighted by atomic mass is 19.4. The van der Waals surface area contributed by atoms with Crippen LogP contribution < -0.4 is 16.4 Å². The number of alkyl halides is 3. The molecule has 0 saturated carbocycles.